The Morgan fingerprint density at radius 2 is 1.79 bits per heavy atom. The van der Waals surface area contributed by atoms with Crippen molar-refractivity contribution in [2.75, 3.05) is 13.7 Å². The molecule has 1 aliphatic heterocycles. The zero-order valence-electron chi connectivity index (χ0n) is 22.7. The fourth-order valence-electron chi connectivity index (χ4n) is 4.83. The molecule has 4 aromatic rings. The minimum atomic E-state index is -0.855. The van der Waals surface area contributed by atoms with E-state index in [4.69, 9.17) is 14.5 Å². The lowest BCUT2D eigenvalue weighted by atomic mass is 9.97. The van der Waals surface area contributed by atoms with E-state index in [1.54, 1.807) is 32.8 Å². The Morgan fingerprint density at radius 3 is 2.49 bits per heavy atom. The van der Waals surface area contributed by atoms with Crippen molar-refractivity contribution >= 4 is 23.0 Å². The monoisotopic (exact) mass is 527 g/mol. The highest BCUT2D eigenvalue weighted by Gasteiger charge is 2.32. The molecule has 2 aromatic heterocycles. The van der Waals surface area contributed by atoms with Crippen molar-refractivity contribution in [3.63, 3.8) is 0 Å². The molecule has 0 spiro atoms. The number of nitrogens with zero attached hydrogens (tertiary/aromatic N) is 4. The van der Waals surface area contributed by atoms with E-state index in [0.717, 1.165) is 33.5 Å². The van der Waals surface area contributed by atoms with E-state index in [9.17, 15) is 9.59 Å². The summed E-state index contributed by atoms with van der Waals surface area (Å²) in [5, 5.41) is 8.39. The van der Waals surface area contributed by atoms with Crippen LogP contribution in [0.15, 0.2) is 67.0 Å². The Balaban J connectivity index is 1.35. The summed E-state index contributed by atoms with van der Waals surface area (Å²) in [4.78, 5) is 32.8. The van der Waals surface area contributed by atoms with Crippen LogP contribution < -0.4 is 10.1 Å². The van der Waals surface area contributed by atoms with Gasteiger partial charge in [-0.1, -0.05) is 42.5 Å². The number of aromatic nitrogens is 3. The van der Waals surface area contributed by atoms with E-state index in [1.807, 2.05) is 71.7 Å². The second-order valence-corrected chi connectivity index (χ2v) is 10.6. The predicted molar refractivity (Wildman–Crippen MR) is 147 cm³/mol. The molecule has 9 nitrogen and oxygen atoms in total. The number of hydrogen-bond donors (Lipinski definition) is 1. The Kier molecular flexibility index (Phi) is 7.24. The van der Waals surface area contributed by atoms with E-state index in [2.05, 4.69) is 10.4 Å². The van der Waals surface area contributed by atoms with Gasteiger partial charge in [-0.3, -0.25) is 4.79 Å². The van der Waals surface area contributed by atoms with Gasteiger partial charge in [-0.2, -0.15) is 5.10 Å². The maximum absolute atomic E-state index is 13.7. The molecule has 9 heteroatoms. The second kappa shape index (κ2) is 10.8. The number of carbonyl (C=O) groups excluding carboxylic acids is 2. The number of nitrogens with one attached hydrogen (secondary N) is 1. The molecule has 1 N–H and O–H groups in total. The molecule has 0 saturated heterocycles. The summed E-state index contributed by atoms with van der Waals surface area (Å²) >= 11 is 0. The standard InChI is InChI=1S/C30H33N5O4/c1-30(2,3)39-29(37)33-26(21-8-6-5-7-9-21)28(36)34-15-14-24-22(19-34)16-31-27-25(24)17-32-35(27)18-20-10-12-23(38-4)13-11-20/h5-13,16-17,26H,14-15,18-19H2,1-4H3,(H,33,37)/t26-/m0/s1. The first-order valence-corrected chi connectivity index (χ1v) is 13.0. The van der Waals surface area contributed by atoms with Crippen LogP contribution in [0.25, 0.3) is 11.0 Å². The van der Waals surface area contributed by atoms with Crippen molar-refractivity contribution < 1.29 is 19.1 Å². The number of ether oxygens (including phenoxy) is 2. The number of fused-ring (bicyclic) bond motifs is 3. The first-order valence-electron chi connectivity index (χ1n) is 13.0. The Labute approximate surface area is 227 Å². The number of hydrogen-bond acceptors (Lipinski definition) is 6. The molecule has 5 rings (SSSR count). The third-order valence-corrected chi connectivity index (χ3v) is 6.70. The smallest absolute Gasteiger partial charge is 0.408 e. The van der Waals surface area contributed by atoms with Gasteiger partial charge >= 0.3 is 6.09 Å². The molecular formula is C30H33N5O4. The average molecular weight is 528 g/mol. The SMILES string of the molecule is COc1ccc(Cn2ncc3c4c(cnc32)CN(C(=O)[C@@H](NC(=O)OC(C)(C)C)c2ccccc2)CC4)cc1. The fourth-order valence-corrected chi connectivity index (χ4v) is 4.83. The Hall–Kier alpha value is -4.40. The molecule has 3 heterocycles. The Bertz CT molecular complexity index is 1480. The molecule has 0 fully saturated rings. The summed E-state index contributed by atoms with van der Waals surface area (Å²) in [6, 6.07) is 16.3. The fraction of sp³-hybridized carbons (Fsp3) is 0.333. The van der Waals surface area contributed by atoms with Gasteiger partial charge < -0.3 is 19.7 Å². The third kappa shape index (κ3) is 5.87. The molecule has 2 amide bonds. The predicted octanol–water partition coefficient (Wildman–Crippen LogP) is 4.64. The van der Waals surface area contributed by atoms with E-state index < -0.39 is 17.7 Å². The van der Waals surface area contributed by atoms with Gasteiger partial charge in [0.15, 0.2) is 5.65 Å². The molecule has 1 atom stereocenters. The minimum absolute atomic E-state index is 0.187. The van der Waals surface area contributed by atoms with Crippen molar-refractivity contribution in [2.24, 2.45) is 0 Å². The van der Waals surface area contributed by atoms with Gasteiger partial charge in [0.25, 0.3) is 0 Å². The topological polar surface area (TPSA) is 98.6 Å². The van der Waals surface area contributed by atoms with Crippen LogP contribution in [0.3, 0.4) is 0 Å². The van der Waals surface area contributed by atoms with Gasteiger partial charge in [0.2, 0.25) is 5.91 Å². The number of carbonyl (C=O) groups is 2. The summed E-state index contributed by atoms with van der Waals surface area (Å²) < 4.78 is 12.6. The van der Waals surface area contributed by atoms with Crippen molar-refractivity contribution in [1.29, 1.82) is 0 Å². The number of methoxy groups -OCH3 is 1. The zero-order chi connectivity index (χ0) is 27.6. The van der Waals surface area contributed by atoms with Crippen LogP contribution in [-0.4, -0.2) is 50.9 Å². The summed E-state index contributed by atoms with van der Waals surface area (Å²) in [5.74, 6) is 0.624. The van der Waals surface area contributed by atoms with Crippen LogP contribution in [0.2, 0.25) is 0 Å². The quantitative estimate of drug-likeness (QED) is 0.392. The van der Waals surface area contributed by atoms with E-state index in [1.165, 1.54) is 0 Å². The second-order valence-electron chi connectivity index (χ2n) is 10.6. The molecule has 0 aliphatic carbocycles. The number of benzene rings is 2. The summed E-state index contributed by atoms with van der Waals surface area (Å²) in [5.41, 5.74) is 4.08. The largest absolute Gasteiger partial charge is 0.497 e. The van der Waals surface area contributed by atoms with E-state index in [-0.39, 0.29) is 5.91 Å². The lowest BCUT2D eigenvalue weighted by molar-refractivity contribution is -0.134. The van der Waals surface area contributed by atoms with E-state index >= 15 is 0 Å². The summed E-state index contributed by atoms with van der Waals surface area (Å²) in [7, 11) is 1.65. The van der Waals surface area contributed by atoms with Gasteiger partial charge in [-0.05, 0) is 61.6 Å². The van der Waals surface area contributed by atoms with Crippen molar-refractivity contribution in [2.45, 2.75) is 51.9 Å². The highest BCUT2D eigenvalue weighted by atomic mass is 16.6. The number of rotatable bonds is 6. The minimum Gasteiger partial charge on any atom is -0.497 e. The molecule has 202 valence electrons. The molecule has 39 heavy (non-hydrogen) atoms. The third-order valence-electron chi connectivity index (χ3n) is 6.70. The number of alkyl carbamates (subject to hydrolysis) is 1. The lowest BCUT2D eigenvalue weighted by Crippen LogP contribution is -2.46. The maximum atomic E-state index is 13.7. The molecule has 1 aliphatic rings. The van der Waals surface area contributed by atoms with Crippen LogP contribution in [0.5, 0.6) is 5.75 Å². The van der Waals surface area contributed by atoms with Crippen LogP contribution in [0.1, 0.15) is 49.1 Å². The number of amides is 2. The van der Waals surface area contributed by atoms with Crippen molar-refractivity contribution in [3.05, 3.63) is 89.2 Å². The van der Waals surface area contributed by atoms with Gasteiger partial charge in [0.1, 0.15) is 17.4 Å². The molecular weight excluding hydrogens is 494 g/mol. The maximum Gasteiger partial charge on any atom is 0.408 e. The molecule has 0 unspecified atom stereocenters. The first kappa shape index (κ1) is 26.2. The molecule has 2 aromatic carbocycles. The molecule has 0 saturated carbocycles. The van der Waals surface area contributed by atoms with Gasteiger partial charge in [0, 0.05) is 24.7 Å². The van der Waals surface area contributed by atoms with E-state index in [0.29, 0.717) is 31.6 Å². The normalized spacial score (nSPS) is 14.0. The van der Waals surface area contributed by atoms with Gasteiger partial charge in [-0.25, -0.2) is 14.5 Å². The number of pyridine rings is 1. The van der Waals surface area contributed by atoms with Crippen LogP contribution in [0, 0.1) is 0 Å². The van der Waals surface area contributed by atoms with Gasteiger partial charge in [0.05, 0.1) is 19.9 Å². The average Bonchev–Trinajstić information content (AvgIpc) is 3.34. The summed E-state index contributed by atoms with van der Waals surface area (Å²) in [6.07, 6.45) is 3.73. The lowest BCUT2D eigenvalue weighted by Gasteiger charge is -2.32. The highest BCUT2D eigenvalue weighted by Crippen LogP contribution is 2.28. The van der Waals surface area contributed by atoms with Crippen LogP contribution in [-0.2, 0) is 29.0 Å². The van der Waals surface area contributed by atoms with Gasteiger partial charge in [-0.15, -0.1) is 0 Å². The van der Waals surface area contributed by atoms with Crippen molar-refractivity contribution in [3.8, 4) is 5.75 Å². The zero-order valence-corrected chi connectivity index (χ0v) is 22.7. The van der Waals surface area contributed by atoms with Crippen LogP contribution in [0.4, 0.5) is 4.79 Å². The van der Waals surface area contributed by atoms with Crippen LogP contribution >= 0.6 is 0 Å². The molecule has 0 bridgehead atoms. The highest BCUT2D eigenvalue weighted by molar-refractivity contribution is 5.88. The first-order chi connectivity index (χ1) is 18.7. The van der Waals surface area contributed by atoms with Crippen molar-refractivity contribution in [1.82, 2.24) is 25.0 Å². The Morgan fingerprint density at radius 1 is 1.05 bits per heavy atom. The molecule has 0 radical (unpaired) electrons. The summed E-state index contributed by atoms with van der Waals surface area (Å²) in [6.45, 7) is 6.90.